The fourth-order valence-corrected chi connectivity index (χ4v) is 1.66. The van der Waals surface area contributed by atoms with Crippen molar-refractivity contribution >= 4 is 33.5 Å². The Hall–Kier alpha value is -0.540. The van der Waals surface area contributed by atoms with Crippen molar-refractivity contribution in [3.05, 3.63) is 27.2 Å². The quantitative estimate of drug-likeness (QED) is 0.520. The zero-order chi connectivity index (χ0) is 8.72. The highest BCUT2D eigenvalue weighted by atomic mass is 79.9. The van der Waals surface area contributed by atoms with Crippen molar-refractivity contribution in [3.8, 4) is 5.75 Å². The Labute approximate surface area is 82.6 Å². The minimum absolute atomic E-state index is 0.223. The molecule has 2 nitrogen and oxygen atoms in total. The summed E-state index contributed by atoms with van der Waals surface area (Å²) in [5.41, 5.74) is 0.885. The predicted octanol–water partition coefficient (Wildman–Crippen LogP) is 2.56. The van der Waals surface area contributed by atoms with Gasteiger partial charge in [0.25, 0.3) is 0 Å². The van der Waals surface area contributed by atoms with Gasteiger partial charge in [0, 0.05) is 16.1 Å². The molecule has 1 heterocycles. The first-order chi connectivity index (χ1) is 5.66. The lowest BCUT2D eigenvalue weighted by atomic mass is 10.2. The van der Waals surface area contributed by atoms with Crippen molar-refractivity contribution in [2.45, 2.75) is 6.42 Å². The minimum Gasteiger partial charge on any atom is -0.426 e. The van der Waals surface area contributed by atoms with Crippen LogP contribution in [0.15, 0.2) is 16.6 Å². The average Bonchev–Trinajstić information content (AvgIpc) is 2.30. The molecule has 0 unspecified atom stereocenters. The largest absolute Gasteiger partial charge is 0.426 e. The molecule has 0 saturated heterocycles. The van der Waals surface area contributed by atoms with Crippen molar-refractivity contribution in [2.75, 3.05) is 0 Å². The van der Waals surface area contributed by atoms with Gasteiger partial charge in [-0.25, -0.2) is 0 Å². The number of esters is 1. The van der Waals surface area contributed by atoms with Gasteiger partial charge in [0.1, 0.15) is 5.75 Å². The Morgan fingerprint density at radius 1 is 1.50 bits per heavy atom. The van der Waals surface area contributed by atoms with Crippen molar-refractivity contribution in [2.24, 2.45) is 0 Å². The third-order valence-electron chi connectivity index (χ3n) is 1.66. The van der Waals surface area contributed by atoms with Crippen LogP contribution in [-0.4, -0.2) is 5.97 Å². The molecule has 0 atom stereocenters. The molecule has 0 amide bonds. The molecule has 1 aliphatic rings. The summed E-state index contributed by atoms with van der Waals surface area (Å²) in [6.07, 6.45) is 0.338. The number of carbonyl (C=O) groups is 1. The number of rotatable bonds is 0. The van der Waals surface area contributed by atoms with Crippen molar-refractivity contribution < 1.29 is 9.53 Å². The molecule has 0 bridgehead atoms. The van der Waals surface area contributed by atoms with Crippen LogP contribution in [0.2, 0.25) is 5.02 Å². The summed E-state index contributed by atoms with van der Waals surface area (Å²) in [5, 5.41) is 0.559. The van der Waals surface area contributed by atoms with Crippen LogP contribution in [0.25, 0.3) is 0 Å². The molecule has 0 spiro atoms. The van der Waals surface area contributed by atoms with Gasteiger partial charge in [-0.15, -0.1) is 0 Å². The molecule has 1 aromatic carbocycles. The summed E-state index contributed by atoms with van der Waals surface area (Å²) in [7, 11) is 0. The molecule has 12 heavy (non-hydrogen) atoms. The van der Waals surface area contributed by atoms with Crippen LogP contribution in [-0.2, 0) is 11.2 Å². The number of benzene rings is 1. The van der Waals surface area contributed by atoms with E-state index in [0.29, 0.717) is 17.2 Å². The lowest BCUT2D eigenvalue weighted by Crippen LogP contribution is -2.00. The lowest BCUT2D eigenvalue weighted by Gasteiger charge is -1.99. The molecule has 1 aliphatic heterocycles. The van der Waals surface area contributed by atoms with Gasteiger partial charge in [0.2, 0.25) is 0 Å². The van der Waals surface area contributed by atoms with Crippen LogP contribution in [0.5, 0.6) is 5.75 Å². The number of carbonyl (C=O) groups excluding carboxylic acids is 1. The molecule has 2 rings (SSSR count). The fraction of sp³-hybridized carbons (Fsp3) is 0.125. The number of halogens is 2. The third-order valence-corrected chi connectivity index (χ3v) is 2.86. The van der Waals surface area contributed by atoms with E-state index < -0.39 is 0 Å². The summed E-state index contributed by atoms with van der Waals surface area (Å²) in [5.74, 6) is 0.354. The summed E-state index contributed by atoms with van der Waals surface area (Å²) >= 11 is 9.07. The summed E-state index contributed by atoms with van der Waals surface area (Å²) in [4.78, 5) is 10.8. The third kappa shape index (κ3) is 1.23. The second-order valence-corrected chi connectivity index (χ2v) is 3.79. The molecule has 0 aliphatic carbocycles. The summed E-state index contributed by atoms with van der Waals surface area (Å²) < 4.78 is 5.69. The fourth-order valence-electron chi connectivity index (χ4n) is 1.12. The topological polar surface area (TPSA) is 26.3 Å². The highest BCUT2D eigenvalue weighted by Crippen LogP contribution is 2.34. The van der Waals surface area contributed by atoms with Crippen LogP contribution in [0.3, 0.4) is 0 Å². The van der Waals surface area contributed by atoms with E-state index in [1.54, 1.807) is 6.07 Å². The molecule has 4 heteroatoms. The number of hydrogen-bond acceptors (Lipinski definition) is 2. The van der Waals surface area contributed by atoms with Gasteiger partial charge < -0.3 is 4.74 Å². The molecule has 0 saturated carbocycles. The van der Waals surface area contributed by atoms with Crippen molar-refractivity contribution in [3.63, 3.8) is 0 Å². The van der Waals surface area contributed by atoms with Gasteiger partial charge in [0.05, 0.1) is 11.4 Å². The molecule has 0 fully saturated rings. The van der Waals surface area contributed by atoms with Gasteiger partial charge in [-0.05, 0) is 22.0 Å². The van der Waals surface area contributed by atoms with E-state index in [1.165, 1.54) is 0 Å². The van der Waals surface area contributed by atoms with Crippen LogP contribution in [0, 0.1) is 0 Å². The minimum atomic E-state index is -0.223. The summed E-state index contributed by atoms with van der Waals surface area (Å²) in [6, 6.07) is 3.45. The smallest absolute Gasteiger partial charge is 0.315 e. The molecular weight excluding hydrogens is 243 g/mol. The Bertz CT molecular complexity index is 329. The van der Waals surface area contributed by atoms with Crippen LogP contribution in [0.1, 0.15) is 5.56 Å². The zero-order valence-electron chi connectivity index (χ0n) is 5.93. The molecular formula is C8H4BrClO2. The first kappa shape index (κ1) is 8.08. The molecule has 62 valence electrons. The standard InChI is InChI=1S/C8H4BrClO2/c9-5-1-4-2-8(11)12-7(4)3-6(5)10/h1,3H,2H2. The second-order valence-electron chi connectivity index (χ2n) is 2.52. The maximum Gasteiger partial charge on any atom is 0.315 e. The Morgan fingerprint density at radius 3 is 3.00 bits per heavy atom. The average molecular weight is 247 g/mol. The first-order valence-corrected chi connectivity index (χ1v) is 4.52. The van der Waals surface area contributed by atoms with E-state index in [-0.39, 0.29) is 5.97 Å². The highest BCUT2D eigenvalue weighted by Gasteiger charge is 2.21. The van der Waals surface area contributed by atoms with Crippen molar-refractivity contribution in [1.82, 2.24) is 0 Å². The van der Waals surface area contributed by atoms with E-state index in [9.17, 15) is 4.79 Å². The Kier molecular flexibility index (Phi) is 1.85. The summed E-state index contributed by atoms with van der Waals surface area (Å²) in [6.45, 7) is 0. The first-order valence-electron chi connectivity index (χ1n) is 3.35. The normalized spacial score (nSPS) is 14.3. The second kappa shape index (κ2) is 2.75. The van der Waals surface area contributed by atoms with Gasteiger partial charge in [-0.1, -0.05) is 11.6 Å². The maximum atomic E-state index is 10.8. The number of hydrogen-bond donors (Lipinski definition) is 0. The van der Waals surface area contributed by atoms with E-state index in [0.717, 1.165) is 10.0 Å². The monoisotopic (exact) mass is 246 g/mol. The van der Waals surface area contributed by atoms with Gasteiger partial charge in [-0.2, -0.15) is 0 Å². The molecule has 0 radical (unpaired) electrons. The number of fused-ring (bicyclic) bond motifs is 1. The Morgan fingerprint density at radius 2 is 2.25 bits per heavy atom. The maximum absolute atomic E-state index is 10.8. The zero-order valence-corrected chi connectivity index (χ0v) is 8.28. The van der Waals surface area contributed by atoms with E-state index in [1.807, 2.05) is 6.07 Å². The van der Waals surface area contributed by atoms with Gasteiger partial charge in [0.15, 0.2) is 0 Å². The van der Waals surface area contributed by atoms with E-state index in [4.69, 9.17) is 16.3 Å². The number of ether oxygens (including phenoxy) is 1. The van der Waals surface area contributed by atoms with Gasteiger partial charge >= 0.3 is 5.97 Å². The van der Waals surface area contributed by atoms with Crippen LogP contribution in [0.4, 0.5) is 0 Å². The Balaban J connectivity index is 2.55. The van der Waals surface area contributed by atoms with E-state index >= 15 is 0 Å². The predicted molar refractivity (Wildman–Crippen MR) is 48.5 cm³/mol. The molecule has 0 N–H and O–H groups in total. The van der Waals surface area contributed by atoms with E-state index in [2.05, 4.69) is 15.9 Å². The van der Waals surface area contributed by atoms with Crippen LogP contribution < -0.4 is 4.74 Å². The SMILES string of the molecule is O=C1Cc2cc(Br)c(Cl)cc2O1. The van der Waals surface area contributed by atoms with Crippen molar-refractivity contribution in [1.29, 1.82) is 0 Å². The van der Waals surface area contributed by atoms with Gasteiger partial charge in [-0.3, -0.25) is 4.79 Å². The lowest BCUT2D eigenvalue weighted by molar-refractivity contribution is -0.131. The molecule has 0 aromatic heterocycles. The van der Waals surface area contributed by atoms with Crippen LogP contribution >= 0.6 is 27.5 Å². The highest BCUT2D eigenvalue weighted by molar-refractivity contribution is 9.10. The molecule has 1 aromatic rings.